The lowest BCUT2D eigenvalue weighted by Gasteiger charge is -2.66. The van der Waals surface area contributed by atoms with E-state index in [9.17, 15) is 4.79 Å². The zero-order valence-electron chi connectivity index (χ0n) is 18.8. The van der Waals surface area contributed by atoms with Crippen LogP contribution in [0.15, 0.2) is 30.3 Å². The van der Waals surface area contributed by atoms with Crippen LogP contribution in [0.1, 0.15) is 89.5 Å². The minimum atomic E-state index is -0.144. The second kappa shape index (κ2) is 7.65. The number of rotatable bonds is 6. The van der Waals surface area contributed by atoms with Crippen LogP contribution in [0.5, 0.6) is 0 Å². The van der Waals surface area contributed by atoms with E-state index in [1.54, 1.807) is 0 Å². The molecule has 1 aromatic carbocycles. The molecule has 0 spiro atoms. The van der Waals surface area contributed by atoms with Crippen molar-refractivity contribution in [3.8, 4) is 0 Å². The monoisotopic (exact) mass is 408 g/mol. The minimum absolute atomic E-state index is 0.144. The van der Waals surface area contributed by atoms with E-state index in [2.05, 4.69) is 42.6 Å². The number of amides is 1. The molecule has 4 bridgehead atoms. The third-order valence-corrected chi connectivity index (χ3v) is 9.35. The number of nitrogens with one attached hydrogen (secondary N) is 1. The molecule has 3 N–H and O–H groups in total. The molecule has 2 unspecified atom stereocenters. The zero-order chi connectivity index (χ0) is 20.8. The maximum atomic E-state index is 13.9. The van der Waals surface area contributed by atoms with Gasteiger partial charge in [0.2, 0.25) is 5.91 Å². The first-order chi connectivity index (χ1) is 14.5. The number of carbonyl (C=O) groups is 1. The van der Waals surface area contributed by atoms with Crippen LogP contribution in [-0.4, -0.2) is 18.5 Å². The molecular formula is C27H40N2O. The second-order valence-electron chi connectivity index (χ2n) is 11.6. The smallest absolute Gasteiger partial charge is 0.226 e. The highest BCUT2D eigenvalue weighted by Crippen LogP contribution is 2.71. The Morgan fingerprint density at radius 2 is 1.80 bits per heavy atom. The Morgan fingerprint density at radius 1 is 1.03 bits per heavy atom. The molecule has 3 nitrogen and oxygen atoms in total. The predicted molar refractivity (Wildman–Crippen MR) is 122 cm³/mol. The summed E-state index contributed by atoms with van der Waals surface area (Å²) in [5.41, 5.74) is 7.82. The van der Waals surface area contributed by atoms with Gasteiger partial charge >= 0.3 is 0 Å². The van der Waals surface area contributed by atoms with Gasteiger partial charge in [0.25, 0.3) is 0 Å². The molecule has 5 aliphatic rings. The Balaban J connectivity index is 1.42. The summed E-state index contributed by atoms with van der Waals surface area (Å²) in [4.78, 5) is 13.9. The zero-order valence-corrected chi connectivity index (χ0v) is 18.8. The standard InChI is InChI=1S/C27H40N2O/c1-2-12-25-13-21-14-26(17-25,22-6-4-3-5-7-22)19-27(15-21,18-25)24(30)29-23-10-8-20(16-28)9-11-23/h3-7,20-21,23H,2,8-19,28H2,1H3,(H,29,30)/t20?,21?,23?,25-,26-,27?/m1/s1. The lowest BCUT2D eigenvalue weighted by molar-refractivity contribution is -0.164. The summed E-state index contributed by atoms with van der Waals surface area (Å²) in [6.07, 6.45) is 14.3. The van der Waals surface area contributed by atoms with Crippen LogP contribution < -0.4 is 11.1 Å². The van der Waals surface area contributed by atoms with E-state index >= 15 is 0 Å². The van der Waals surface area contributed by atoms with E-state index in [1.165, 1.54) is 50.5 Å². The van der Waals surface area contributed by atoms with Crippen molar-refractivity contribution in [2.24, 2.45) is 28.4 Å². The number of benzene rings is 1. The Bertz CT molecular complexity index is 770. The van der Waals surface area contributed by atoms with Gasteiger partial charge in [-0.05, 0) is 105 Å². The summed E-state index contributed by atoms with van der Waals surface area (Å²) in [6.45, 7) is 3.13. The van der Waals surface area contributed by atoms with Crippen LogP contribution in [0.4, 0.5) is 0 Å². The van der Waals surface area contributed by atoms with E-state index < -0.39 is 0 Å². The fraction of sp³-hybridized carbons (Fsp3) is 0.741. The van der Waals surface area contributed by atoms with Gasteiger partial charge < -0.3 is 11.1 Å². The highest BCUT2D eigenvalue weighted by Gasteiger charge is 2.65. The van der Waals surface area contributed by atoms with Crippen molar-refractivity contribution in [2.75, 3.05) is 6.54 Å². The molecule has 1 amide bonds. The summed E-state index contributed by atoms with van der Waals surface area (Å²) in [5.74, 6) is 1.77. The lowest BCUT2D eigenvalue weighted by Crippen LogP contribution is -2.63. The molecule has 0 heterocycles. The van der Waals surface area contributed by atoms with Gasteiger partial charge in [0.05, 0.1) is 5.41 Å². The van der Waals surface area contributed by atoms with Crippen molar-refractivity contribution < 1.29 is 4.79 Å². The number of hydrogen-bond acceptors (Lipinski definition) is 2. The number of carbonyl (C=O) groups excluding carboxylic acids is 1. The maximum absolute atomic E-state index is 13.9. The van der Waals surface area contributed by atoms with Gasteiger partial charge in [-0.2, -0.15) is 0 Å². The van der Waals surface area contributed by atoms with Crippen molar-refractivity contribution in [1.29, 1.82) is 0 Å². The molecule has 5 saturated carbocycles. The van der Waals surface area contributed by atoms with E-state index in [0.717, 1.165) is 38.6 Å². The Hall–Kier alpha value is -1.35. The van der Waals surface area contributed by atoms with E-state index in [0.29, 0.717) is 29.2 Å². The SMILES string of the molecule is CCC[C@]12CC3CC(C(=O)NC4CCC(CN)CC4)(C1)C[C@@](c1ccccc1)(C3)C2. The van der Waals surface area contributed by atoms with Gasteiger partial charge in [-0.1, -0.05) is 43.7 Å². The number of hydrogen-bond donors (Lipinski definition) is 2. The first-order valence-corrected chi connectivity index (χ1v) is 12.6. The highest BCUT2D eigenvalue weighted by atomic mass is 16.2. The van der Waals surface area contributed by atoms with Crippen molar-refractivity contribution in [3.05, 3.63) is 35.9 Å². The number of nitrogens with two attached hydrogens (primary N) is 1. The van der Waals surface area contributed by atoms with Crippen molar-refractivity contribution in [1.82, 2.24) is 5.32 Å². The second-order valence-corrected chi connectivity index (χ2v) is 11.6. The van der Waals surface area contributed by atoms with Gasteiger partial charge in [-0.25, -0.2) is 0 Å². The topological polar surface area (TPSA) is 55.1 Å². The fourth-order valence-corrected chi connectivity index (χ4v) is 8.70. The molecule has 4 atom stereocenters. The molecule has 5 aliphatic carbocycles. The average Bonchev–Trinajstić information content (AvgIpc) is 2.74. The normalized spacial score (nSPS) is 42.3. The van der Waals surface area contributed by atoms with E-state index in [-0.39, 0.29) is 10.8 Å². The van der Waals surface area contributed by atoms with E-state index in [4.69, 9.17) is 5.73 Å². The Morgan fingerprint density at radius 3 is 2.50 bits per heavy atom. The molecule has 6 rings (SSSR count). The van der Waals surface area contributed by atoms with Crippen LogP contribution in [0, 0.1) is 22.7 Å². The Labute approximate surface area is 182 Å². The summed E-state index contributed by atoms with van der Waals surface area (Å²) in [5, 5.41) is 3.57. The molecule has 30 heavy (non-hydrogen) atoms. The summed E-state index contributed by atoms with van der Waals surface area (Å²) in [6, 6.07) is 11.6. The van der Waals surface area contributed by atoms with Crippen molar-refractivity contribution in [2.45, 2.75) is 95.4 Å². The molecule has 3 heteroatoms. The molecule has 5 fully saturated rings. The largest absolute Gasteiger partial charge is 0.353 e. The molecule has 0 aliphatic heterocycles. The van der Waals surface area contributed by atoms with Crippen LogP contribution in [0.3, 0.4) is 0 Å². The van der Waals surface area contributed by atoms with Crippen molar-refractivity contribution >= 4 is 5.91 Å². The Kier molecular flexibility index (Phi) is 5.24. The summed E-state index contributed by atoms with van der Waals surface area (Å²) in [7, 11) is 0. The third kappa shape index (κ3) is 3.42. The van der Waals surface area contributed by atoms with Crippen LogP contribution >= 0.6 is 0 Å². The predicted octanol–water partition coefficient (Wildman–Crippen LogP) is 5.33. The van der Waals surface area contributed by atoms with Gasteiger partial charge in [0, 0.05) is 6.04 Å². The highest BCUT2D eigenvalue weighted by molar-refractivity contribution is 5.84. The molecular weight excluding hydrogens is 368 g/mol. The summed E-state index contributed by atoms with van der Waals surface area (Å²) >= 11 is 0. The van der Waals surface area contributed by atoms with Crippen molar-refractivity contribution in [3.63, 3.8) is 0 Å². The molecule has 0 saturated heterocycles. The quantitative estimate of drug-likeness (QED) is 0.668. The summed E-state index contributed by atoms with van der Waals surface area (Å²) < 4.78 is 0. The van der Waals surface area contributed by atoms with Crippen LogP contribution in [0.25, 0.3) is 0 Å². The fourth-order valence-electron chi connectivity index (χ4n) is 8.70. The van der Waals surface area contributed by atoms with Gasteiger partial charge in [-0.3, -0.25) is 4.79 Å². The maximum Gasteiger partial charge on any atom is 0.226 e. The molecule has 0 aromatic heterocycles. The van der Waals surface area contributed by atoms with Gasteiger partial charge in [0.1, 0.15) is 0 Å². The molecule has 1 aromatic rings. The average molecular weight is 409 g/mol. The van der Waals surface area contributed by atoms with Gasteiger partial charge in [-0.15, -0.1) is 0 Å². The molecule has 0 radical (unpaired) electrons. The first kappa shape index (κ1) is 20.5. The van der Waals surface area contributed by atoms with Crippen LogP contribution in [-0.2, 0) is 10.2 Å². The van der Waals surface area contributed by atoms with Gasteiger partial charge in [0.15, 0.2) is 0 Å². The van der Waals surface area contributed by atoms with E-state index in [1.807, 2.05) is 0 Å². The third-order valence-electron chi connectivity index (χ3n) is 9.35. The lowest BCUT2D eigenvalue weighted by atomic mass is 9.37. The van der Waals surface area contributed by atoms with Crippen LogP contribution in [0.2, 0.25) is 0 Å². The molecule has 164 valence electrons. The minimum Gasteiger partial charge on any atom is -0.353 e. The first-order valence-electron chi connectivity index (χ1n) is 12.6.